The maximum absolute atomic E-state index is 12.1. The molecule has 1 aromatic carbocycles. The van der Waals surface area contributed by atoms with Crippen molar-refractivity contribution in [3.63, 3.8) is 0 Å². The van der Waals surface area contributed by atoms with Crippen LogP contribution >= 0.6 is 0 Å². The highest BCUT2D eigenvalue weighted by Crippen LogP contribution is 2.14. The highest BCUT2D eigenvalue weighted by atomic mass is 16.3. The molecule has 2 N–H and O–H groups in total. The van der Waals surface area contributed by atoms with Gasteiger partial charge in [0.15, 0.2) is 11.9 Å². The third kappa shape index (κ3) is 4.05. The Kier molecular flexibility index (Phi) is 4.98. The molecule has 0 aliphatic carbocycles. The molecular weight excluding hydrogens is 304 g/mol. The molecule has 2 aromatic heterocycles. The average Bonchev–Trinajstić information content (AvgIpc) is 3.08. The number of amides is 1. The second-order valence-electron chi connectivity index (χ2n) is 5.37. The minimum absolute atomic E-state index is 0.421. The second kappa shape index (κ2) is 7.52. The summed E-state index contributed by atoms with van der Waals surface area (Å²) in [6.45, 7) is 0.696. The van der Waals surface area contributed by atoms with Crippen LogP contribution in [0.5, 0.6) is 0 Å². The number of aliphatic hydroxyl groups is 1. The molecule has 1 amide bonds. The van der Waals surface area contributed by atoms with E-state index in [1.807, 2.05) is 18.2 Å². The van der Waals surface area contributed by atoms with Crippen LogP contribution in [-0.4, -0.2) is 25.8 Å². The number of aryl methyl sites for hydroxylation is 2. The Morgan fingerprint density at radius 1 is 1.12 bits per heavy atom. The van der Waals surface area contributed by atoms with Crippen LogP contribution in [0.1, 0.15) is 17.2 Å². The van der Waals surface area contributed by atoms with E-state index in [1.54, 1.807) is 53.6 Å². The van der Waals surface area contributed by atoms with Crippen LogP contribution < -0.4 is 5.32 Å². The minimum atomic E-state index is -1.21. The van der Waals surface area contributed by atoms with Gasteiger partial charge in [-0.05, 0) is 29.7 Å². The lowest BCUT2D eigenvalue weighted by Gasteiger charge is -2.10. The Morgan fingerprint density at radius 2 is 1.88 bits per heavy atom. The molecule has 0 aliphatic heterocycles. The molecule has 1 atom stereocenters. The lowest BCUT2D eigenvalue weighted by atomic mass is 10.1. The molecule has 2 heterocycles. The van der Waals surface area contributed by atoms with E-state index in [2.05, 4.69) is 15.4 Å². The lowest BCUT2D eigenvalue weighted by Crippen LogP contribution is -2.21. The largest absolute Gasteiger partial charge is 0.378 e. The van der Waals surface area contributed by atoms with E-state index in [0.717, 1.165) is 6.42 Å². The molecule has 0 radical (unpaired) electrons. The van der Waals surface area contributed by atoms with E-state index in [9.17, 15) is 9.90 Å². The first-order valence-electron chi connectivity index (χ1n) is 7.68. The monoisotopic (exact) mass is 322 g/mol. The third-order valence-electron chi connectivity index (χ3n) is 3.63. The Labute approximate surface area is 139 Å². The fraction of sp³-hybridized carbons (Fsp3) is 0.167. The number of hydrogen-bond acceptors (Lipinski definition) is 4. The molecule has 3 aromatic rings. The molecule has 6 heteroatoms. The molecule has 24 heavy (non-hydrogen) atoms. The molecule has 6 nitrogen and oxygen atoms in total. The first-order valence-corrected chi connectivity index (χ1v) is 7.68. The van der Waals surface area contributed by atoms with Crippen LogP contribution in [0, 0.1) is 0 Å². The number of nitrogens with one attached hydrogen (secondary N) is 1. The number of carbonyl (C=O) groups is 1. The summed E-state index contributed by atoms with van der Waals surface area (Å²) in [5.74, 6) is -0.0784. The van der Waals surface area contributed by atoms with Crippen molar-refractivity contribution >= 4 is 11.7 Å². The van der Waals surface area contributed by atoms with Crippen molar-refractivity contribution in [3.8, 4) is 0 Å². The van der Waals surface area contributed by atoms with Crippen LogP contribution in [0.15, 0.2) is 67.1 Å². The van der Waals surface area contributed by atoms with Gasteiger partial charge in [0.25, 0.3) is 5.91 Å². The summed E-state index contributed by atoms with van der Waals surface area (Å²) in [4.78, 5) is 16.1. The topological polar surface area (TPSA) is 80.0 Å². The zero-order valence-electron chi connectivity index (χ0n) is 13.0. The smallest absolute Gasteiger partial charge is 0.259 e. The number of anilines is 1. The molecule has 122 valence electrons. The number of carbonyl (C=O) groups excluding carboxylic acids is 1. The Balaban J connectivity index is 1.56. The van der Waals surface area contributed by atoms with Crippen LogP contribution in [0.3, 0.4) is 0 Å². The van der Waals surface area contributed by atoms with Gasteiger partial charge in [-0.25, -0.2) is 0 Å². The first-order chi connectivity index (χ1) is 11.7. The number of hydrogen-bond donors (Lipinski definition) is 2. The van der Waals surface area contributed by atoms with Gasteiger partial charge >= 0.3 is 0 Å². The fourth-order valence-electron chi connectivity index (χ4n) is 2.33. The quantitative estimate of drug-likeness (QED) is 0.729. The summed E-state index contributed by atoms with van der Waals surface area (Å²) in [5, 5.41) is 17.0. The normalized spacial score (nSPS) is 11.9. The van der Waals surface area contributed by atoms with Gasteiger partial charge in [0, 0.05) is 31.2 Å². The molecule has 0 fully saturated rings. The Morgan fingerprint density at radius 3 is 2.62 bits per heavy atom. The van der Waals surface area contributed by atoms with Crippen molar-refractivity contribution in [2.45, 2.75) is 19.1 Å². The third-order valence-corrected chi connectivity index (χ3v) is 3.63. The molecule has 0 bridgehead atoms. The SMILES string of the molecule is O=C(Nc1ccn(CCc2ccncc2)n1)C(O)c1ccccc1. The van der Waals surface area contributed by atoms with E-state index in [1.165, 1.54) is 5.56 Å². The molecule has 0 spiro atoms. The van der Waals surface area contributed by atoms with Crippen LogP contribution in [-0.2, 0) is 17.8 Å². The number of aromatic nitrogens is 3. The zero-order chi connectivity index (χ0) is 16.8. The van der Waals surface area contributed by atoms with Crippen LogP contribution in [0.25, 0.3) is 0 Å². The van der Waals surface area contributed by atoms with Crippen molar-refractivity contribution in [2.24, 2.45) is 0 Å². The summed E-state index contributed by atoms with van der Waals surface area (Å²) >= 11 is 0. The minimum Gasteiger partial charge on any atom is -0.378 e. The van der Waals surface area contributed by atoms with Crippen molar-refractivity contribution in [3.05, 3.63) is 78.2 Å². The zero-order valence-corrected chi connectivity index (χ0v) is 13.0. The van der Waals surface area contributed by atoms with Crippen LogP contribution in [0.2, 0.25) is 0 Å². The number of benzene rings is 1. The molecule has 0 saturated carbocycles. The highest BCUT2D eigenvalue weighted by molar-refractivity contribution is 5.93. The van der Waals surface area contributed by atoms with Gasteiger partial charge in [-0.1, -0.05) is 30.3 Å². The van der Waals surface area contributed by atoms with Gasteiger partial charge in [0.2, 0.25) is 0 Å². The summed E-state index contributed by atoms with van der Waals surface area (Å²) < 4.78 is 1.75. The average molecular weight is 322 g/mol. The standard InChI is InChI=1S/C18H18N4O2/c23-17(15-4-2-1-3-5-15)18(24)20-16-9-13-22(21-16)12-8-14-6-10-19-11-7-14/h1-7,9-11,13,17,23H,8,12H2,(H,20,21,24). The summed E-state index contributed by atoms with van der Waals surface area (Å²) in [6, 6.07) is 14.4. The van der Waals surface area contributed by atoms with E-state index in [4.69, 9.17) is 0 Å². The van der Waals surface area contributed by atoms with Crippen molar-refractivity contribution < 1.29 is 9.90 Å². The van der Waals surface area contributed by atoms with Gasteiger partial charge in [-0.2, -0.15) is 5.10 Å². The van der Waals surface area contributed by atoms with E-state index < -0.39 is 12.0 Å². The maximum atomic E-state index is 12.1. The van der Waals surface area contributed by atoms with E-state index >= 15 is 0 Å². The predicted octanol–water partition coefficient (Wildman–Crippen LogP) is 2.19. The fourth-order valence-corrected chi connectivity index (χ4v) is 2.33. The van der Waals surface area contributed by atoms with E-state index in [-0.39, 0.29) is 0 Å². The summed E-state index contributed by atoms with van der Waals surface area (Å²) in [6.07, 6.45) is 4.92. The molecule has 0 saturated heterocycles. The summed E-state index contributed by atoms with van der Waals surface area (Å²) in [5.41, 5.74) is 1.72. The number of rotatable bonds is 6. The van der Waals surface area contributed by atoms with Gasteiger partial charge in [0.05, 0.1) is 0 Å². The van der Waals surface area contributed by atoms with Crippen molar-refractivity contribution in [2.75, 3.05) is 5.32 Å². The van der Waals surface area contributed by atoms with Gasteiger partial charge in [-0.15, -0.1) is 0 Å². The van der Waals surface area contributed by atoms with Gasteiger partial charge < -0.3 is 10.4 Å². The number of nitrogens with zero attached hydrogens (tertiary/aromatic N) is 3. The maximum Gasteiger partial charge on any atom is 0.259 e. The van der Waals surface area contributed by atoms with Crippen molar-refractivity contribution in [1.82, 2.24) is 14.8 Å². The molecule has 3 rings (SSSR count). The molecule has 1 unspecified atom stereocenters. The van der Waals surface area contributed by atoms with E-state index in [0.29, 0.717) is 17.9 Å². The lowest BCUT2D eigenvalue weighted by molar-refractivity contribution is -0.124. The summed E-state index contributed by atoms with van der Waals surface area (Å²) in [7, 11) is 0. The number of aliphatic hydroxyl groups excluding tert-OH is 1. The van der Waals surface area contributed by atoms with Gasteiger partial charge in [0.1, 0.15) is 0 Å². The Hall–Kier alpha value is -2.99. The van der Waals surface area contributed by atoms with Gasteiger partial charge in [-0.3, -0.25) is 14.5 Å². The number of pyridine rings is 1. The van der Waals surface area contributed by atoms with Crippen molar-refractivity contribution in [1.29, 1.82) is 0 Å². The first kappa shape index (κ1) is 15.9. The predicted molar refractivity (Wildman–Crippen MR) is 90.2 cm³/mol. The van der Waals surface area contributed by atoms with Crippen LogP contribution in [0.4, 0.5) is 5.82 Å². The highest BCUT2D eigenvalue weighted by Gasteiger charge is 2.17. The molecular formula is C18H18N4O2. The second-order valence-corrected chi connectivity index (χ2v) is 5.37. The molecule has 0 aliphatic rings. The Bertz CT molecular complexity index is 787.